The van der Waals surface area contributed by atoms with Crippen molar-refractivity contribution >= 4 is 0 Å². The third-order valence-corrected chi connectivity index (χ3v) is 1.98. The van der Waals surface area contributed by atoms with Crippen LogP contribution in [0.25, 0.3) is 0 Å². The average molecular weight is 214 g/mol. The Balaban J connectivity index is 2.64. The molecule has 5 nitrogen and oxygen atoms in total. The summed E-state index contributed by atoms with van der Waals surface area (Å²) in [5.41, 5.74) is 0. The molecule has 0 fully saturated rings. The summed E-state index contributed by atoms with van der Waals surface area (Å²) in [7, 11) is 0. The molecule has 0 amide bonds. The number of hydrogen-bond acceptors (Lipinski definition) is 5. The van der Waals surface area contributed by atoms with Gasteiger partial charge in [0.15, 0.2) is 0 Å². The predicted octanol–water partition coefficient (Wildman–Crippen LogP) is 1.48. The molecule has 1 rings (SSSR count). The Morgan fingerprint density at radius 2 is 2.20 bits per heavy atom. The standard InChI is InChI=1S/C10H18N2O3/c1-4-8(14-5-2)10-11-9(15-12-10)6-7(3)13/h7-8,13H,4-6H2,1-3H3. The number of ether oxygens (including phenoxy) is 1. The first-order valence-corrected chi connectivity index (χ1v) is 5.29. The Bertz CT molecular complexity index is 286. The lowest BCUT2D eigenvalue weighted by atomic mass is 10.2. The molecule has 1 heterocycles. The zero-order valence-corrected chi connectivity index (χ0v) is 9.43. The van der Waals surface area contributed by atoms with Crippen LogP contribution in [-0.2, 0) is 11.2 Å². The van der Waals surface area contributed by atoms with Crippen LogP contribution in [0.3, 0.4) is 0 Å². The summed E-state index contributed by atoms with van der Waals surface area (Å²) in [6, 6.07) is 0. The molecule has 1 N–H and O–H groups in total. The van der Waals surface area contributed by atoms with Gasteiger partial charge in [-0.3, -0.25) is 0 Å². The van der Waals surface area contributed by atoms with Crippen LogP contribution < -0.4 is 0 Å². The third kappa shape index (κ3) is 3.60. The highest BCUT2D eigenvalue weighted by Gasteiger charge is 2.17. The van der Waals surface area contributed by atoms with Gasteiger partial charge in [-0.25, -0.2) is 0 Å². The number of rotatable bonds is 6. The van der Waals surface area contributed by atoms with E-state index in [0.29, 0.717) is 24.7 Å². The van der Waals surface area contributed by atoms with Crippen molar-refractivity contribution in [1.82, 2.24) is 10.1 Å². The molecule has 86 valence electrons. The van der Waals surface area contributed by atoms with E-state index in [-0.39, 0.29) is 6.10 Å². The van der Waals surface area contributed by atoms with Gasteiger partial charge in [-0.05, 0) is 20.3 Å². The second-order valence-corrected chi connectivity index (χ2v) is 3.45. The van der Waals surface area contributed by atoms with Gasteiger partial charge in [0.1, 0.15) is 6.10 Å². The van der Waals surface area contributed by atoms with Crippen molar-refractivity contribution in [2.75, 3.05) is 6.61 Å². The van der Waals surface area contributed by atoms with Gasteiger partial charge in [-0.2, -0.15) is 4.98 Å². The highest BCUT2D eigenvalue weighted by atomic mass is 16.5. The van der Waals surface area contributed by atoms with Gasteiger partial charge in [-0.15, -0.1) is 0 Å². The largest absolute Gasteiger partial charge is 0.393 e. The van der Waals surface area contributed by atoms with Crippen LogP contribution in [0.15, 0.2) is 4.52 Å². The van der Waals surface area contributed by atoms with Crippen molar-refractivity contribution in [3.05, 3.63) is 11.7 Å². The Labute approximate surface area is 89.4 Å². The number of nitrogens with zero attached hydrogens (tertiary/aromatic N) is 2. The summed E-state index contributed by atoms with van der Waals surface area (Å²) in [4.78, 5) is 4.18. The van der Waals surface area contributed by atoms with E-state index < -0.39 is 6.10 Å². The highest BCUT2D eigenvalue weighted by Crippen LogP contribution is 2.17. The van der Waals surface area contributed by atoms with Crippen molar-refractivity contribution in [1.29, 1.82) is 0 Å². The summed E-state index contributed by atoms with van der Waals surface area (Å²) in [6.07, 6.45) is 0.615. The Morgan fingerprint density at radius 3 is 2.73 bits per heavy atom. The number of aliphatic hydroxyl groups is 1. The van der Waals surface area contributed by atoms with E-state index in [1.54, 1.807) is 6.92 Å². The van der Waals surface area contributed by atoms with Crippen molar-refractivity contribution in [3.63, 3.8) is 0 Å². The first-order chi connectivity index (χ1) is 7.17. The summed E-state index contributed by atoms with van der Waals surface area (Å²) >= 11 is 0. The van der Waals surface area contributed by atoms with Crippen LogP contribution in [0, 0.1) is 0 Å². The van der Waals surface area contributed by atoms with Crippen molar-refractivity contribution in [3.8, 4) is 0 Å². The monoisotopic (exact) mass is 214 g/mol. The summed E-state index contributed by atoms with van der Waals surface area (Å²) in [5.74, 6) is 1.02. The maximum absolute atomic E-state index is 9.16. The van der Waals surface area contributed by atoms with Crippen LogP contribution in [0.4, 0.5) is 0 Å². The fourth-order valence-corrected chi connectivity index (χ4v) is 1.31. The van der Waals surface area contributed by atoms with Crippen LogP contribution in [-0.4, -0.2) is 28.0 Å². The van der Waals surface area contributed by atoms with Gasteiger partial charge in [0, 0.05) is 6.61 Å². The van der Waals surface area contributed by atoms with Crippen LogP contribution in [0.2, 0.25) is 0 Å². The molecule has 0 radical (unpaired) electrons. The zero-order chi connectivity index (χ0) is 11.3. The minimum atomic E-state index is -0.467. The topological polar surface area (TPSA) is 68.4 Å². The Kier molecular flexibility index (Phi) is 4.71. The highest BCUT2D eigenvalue weighted by molar-refractivity contribution is 4.91. The van der Waals surface area contributed by atoms with E-state index in [9.17, 15) is 0 Å². The molecule has 0 saturated carbocycles. The van der Waals surface area contributed by atoms with E-state index in [1.165, 1.54) is 0 Å². The van der Waals surface area contributed by atoms with Gasteiger partial charge < -0.3 is 14.4 Å². The van der Waals surface area contributed by atoms with E-state index in [0.717, 1.165) is 6.42 Å². The van der Waals surface area contributed by atoms with Gasteiger partial charge in [-0.1, -0.05) is 12.1 Å². The van der Waals surface area contributed by atoms with E-state index >= 15 is 0 Å². The SMILES string of the molecule is CCOC(CC)c1noc(CC(C)O)n1. The molecule has 1 aromatic heterocycles. The Hall–Kier alpha value is -0.940. The maximum atomic E-state index is 9.16. The van der Waals surface area contributed by atoms with Crippen molar-refractivity contribution in [2.45, 2.75) is 45.8 Å². The van der Waals surface area contributed by atoms with Crippen LogP contribution in [0.1, 0.15) is 45.0 Å². The maximum Gasteiger partial charge on any atom is 0.229 e. The fourth-order valence-electron chi connectivity index (χ4n) is 1.31. The molecule has 0 aliphatic carbocycles. The zero-order valence-electron chi connectivity index (χ0n) is 9.43. The summed E-state index contributed by atoms with van der Waals surface area (Å²) in [5, 5.41) is 13.0. The molecule has 15 heavy (non-hydrogen) atoms. The molecule has 2 unspecified atom stereocenters. The normalized spacial score (nSPS) is 15.2. The molecule has 0 spiro atoms. The number of aromatic nitrogens is 2. The predicted molar refractivity (Wildman–Crippen MR) is 54.3 cm³/mol. The lowest BCUT2D eigenvalue weighted by molar-refractivity contribution is 0.0518. The fraction of sp³-hybridized carbons (Fsp3) is 0.800. The number of hydrogen-bond donors (Lipinski definition) is 1. The van der Waals surface area contributed by atoms with Gasteiger partial charge in [0.25, 0.3) is 0 Å². The molecule has 0 aliphatic rings. The lowest BCUT2D eigenvalue weighted by Gasteiger charge is -2.09. The average Bonchev–Trinajstić information content (AvgIpc) is 2.61. The first kappa shape index (κ1) is 12.1. The van der Waals surface area contributed by atoms with Gasteiger partial charge in [0.2, 0.25) is 11.7 Å². The van der Waals surface area contributed by atoms with E-state index in [2.05, 4.69) is 10.1 Å². The quantitative estimate of drug-likeness (QED) is 0.776. The van der Waals surface area contributed by atoms with Crippen LogP contribution in [0.5, 0.6) is 0 Å². The lowest BCUT2D eigenvalue weighted by Crippen LogP contribution is -2.07. The van der Waals surface area contributed by atoms with Crippen LogP contribution >= 0.6 is 0 Å². The first-order valence-electron chi connectivity index (χ1n) is 5.29. The van der Waals surface area contributed by atoms with E-state index in [1.807, 2.05) is 13.8 Å². The molecular weight excluding hydrogens is 196 g/mol. The molecule has 0 saturated heterocycles. The molecule has 0 aromatic carbocycles. The Morgan fingerprint density at radius 1 is 1.47 bits per heavy atom. The smallest absolute Gasteiger partial charge is 0.229 e. The van der Waals surface area contributed by atoms with Crippen molar-refractivity contribution in [2.24, 2.45) is 0 Å². The third-order valence-electron chi connectivity index (χ3n) is 1.98. The molecule has 2 atom stereocenters. The molecule has 5 heteroatoms. The second kappa shape index (κ2) is 5.82. The van der Waals surface area contributed by atoms with Gasteiger partial charge >= 0.3 is 0 Å². The molecule has 1 aromatic rings. The molecule has 0 bridgehead atoms. The van der Waals surface area contributed by atoms with Gasteiger partial charge in [0.05, 0.1) is 12.5 Å². The van der Waals surface area contributed by atoms with E-state index in [4.69, 9.17) is 14.4 Å². The summed E-state index contributed by atoms with van der Waals surface area (Å²) < 4.78 is 10.5. The summed E-state index contributed by atoms with van der Waals surface area (Å²) in [6.45, 7) is 6.24. The molecular formula is C10H18N2O3. The minimum Gasteiger partial charge on any atom is -0.393 e. The molecule has 0 aliphatic heterocycles. The second-order valence-electron chi connectivity index (χ2n) is 3.45. The number of aliphatic hydroxyl groups excluding tert-OH is 1. The minimum absolute atomic E-state index is 0.110. The van der Waals surface area contributed by atoms with Crippen molar-refractivity contribution < 1.29 is 14.4 Å².